The summed E-state index contributed by atoms with van der Waals surface area (Å²) in [5.74, 6) is -0.982. The Balaban J connectivity index is 2.21. The van der Waals surface area contributed by atoms with Crippen LogP contribution in [0.2, 0.25) is 5.02 Å². The third-order valence-corrected chi connectivity index (χ3v) is 5.21. The lowest BCUT2D eigenvalue weighted by Crippen LogP contribution is -2.13. The minimum absolute atomic E-state index is 0.0585. The van der Waals surface area contributed by atoms with Gasteiger partial charge in [-0.1, -0.05) is 45.7 Å². The molecule has 2 aromatic rings. The van der Waals surface area contributed by atoms with Crippen molar-refractivity contribution in [1.29, 1.82) is 0 Å². The first-order valence-electron chi connectivity index (χ1n) is 6.44. The molecule has 0 saturated heterocycles. The van der Waals surface area contributed by atoms with Crippen molar-refractivity contribution in [3.8, 4) is 0 Å². The molecule has 0 fully saturated rings. The summed E-state index contributed by atoms with van der Waals surface area (Å²) in [7, 11) is 0. The van der Waals surface area contributed by atoms with Gasteiger partial charge in [0.05, 0.1) is 4.47 Å². The lowest BCUT2D eigenvalue weighted by atomic mass is 9.93. The van der Waals surface area contributed by atoms with Gasteiger partial charge in [0.25, 0.3) is 0 Å². The van der Waals surface area contributed by atoms with Crippen LogP contribution >= 0.6 is 43.5 Å². The van der Waals surface area contributed by atoms with E-state index in [9.17, 15) is 8.78 Å². The Hall–Kier alpha value is -0.450. The van der Waals surface area contributed by atoms with Crippen LogP contribution in [-0.4, -0.2) is 5.33 Å². The first-order valence-corrected chi connectivity index (χ1v) is 8.74. The standard InChI is InChI=1S/C16H13Br2ClF2/c17-9-10(7-11-3-1-2-4-14(11)19)8-12-15(20)6-5-13(18)16(12)21/h1-6,10H,7-9H2. The second-order valence-electron chi connectivity index (χ2n) is 4.84. The van der Waals surface area contributed by atoms with Crippen LogP contribution in [0.4, 0.5) is 8.78 Å². The van der Waals surface area contributed by atoms with E-state index in [0.29, 0.717) is 23.2 Å². The lowest BCUT2D eigenvalue weighted by molar-refractivity contribution is 0.508. The normalized spacial score (nSPS) is 12.4. The van der Waals surface area contributed by atoms with Crippen molar-refractivity contribution in [3.05, 3.63) is 68.7 Å². The fraction of sp³-hybridized carbons (Fsp3) is 0.250. The van der Waals surface area contributed by atoms with Gasteiger partial charge in [-0.15, -0.1) is 0 Å². The molecule has 0 aliphatic rings. The molecule has 21 heavy (non-hydrogen) atoms. The van der Waals surface area contributed by atoms with Crippen LogP contribution in [0, 0.1) is 17.6 Å². The summed E-state index contributed by atoms with van der Waals surface area (Å²) in [5, 5.41) is 1.32. The van der Waals surface area contributed by atoms with E-state index in [-0.39, 0.29) is 16.0 Å². The molecule has 0 aliphatic carbocycles. The van der Waals surface area contributed by atoms with Crippen LogP contribution in [-0.2, 0) is 12.8 Å². The first kappa shape index (κ1) is 16.9. The molecule has 0 saturated carbocycles. The van der Waals surface area contributed by atoms with Gasteiger partial charge in [-0.2, -0.15) is 0 Å². The van der Waals surface area contributed by atoms with Gasteiger partial charge in [-0.25, -0.2) is 8.78 Å². The number of hydrogen-bond acceptors (Lipinski definition) is 0. The number of rotatable bonds is 5. The van der Waals surface area contributed by atoms with Crippen LogP contribution in [0.25, 0.3) is 0 Å². The fourth-order valence-electron chi connectivity index (χ4n) is 2.20. The summed E-state index contributed by atoms with van der Waals surface area (Å²) in [6, 6.07) is 10.2. The second-order valence-corrected chi connectivity index (χ2v) is 6.75. The Kier molecular flexibility index (Phi) is 6.20. The van der Waals surface area contributed by atoms with E-state index in [2.05, 4.69) is 31.9 Å². The smallest absolute Gasteiger partial charge is 0.143 e. The van der Waals surface area contributed by atoms with E-state index in [1.807, 2.05) is 24.3 Å². The average molecular weight is 439 g/mol. The molecule has 2 aromatic carbocycles. The van der Waals surface area contributed by atoms with Crippen LogP contribution in [0.5, 0.6) is 0 Å². The van der Waals surface area contributed by atoms with E-state index in [1.165, 1.54) is 12.1 Å². The second kappa shape index (κ2) is 7.70. The molecule has 0 radical (unpaired) electrons. The maximum Gasteiger partial charge on any atom is 0.143 e. The highest BCUT2D eigenvalue weighted by Crippen LogP contribution is 2.27. The highest BCUT2D eigenvalue weighted by molar-refractivity contribution is 9.10. The maximum absolute atomic E-state index is 14.0. The Morgan fingerprint density at radius 2 is 1.76 bits per heavy atom. The van der Waals surface area contributed by atoms with Gasteiger partial charge in [0.2, 0.25) is 0 Å². The van der Waals surface area contributed by atoms with Gasteiger partial charge in [0.15, 0.2) is 0 Å². The summed E-state index contributed by atoms with van der Waals surface area (Å²) in [5.41, 5.74) is 1.10. The lowest BCUT2D eigenvalue weighted by Gasteiger charge is -2.16. The number of hydrogen-bond donors (Lipinski definition) is 0. The topological polar surface area (TPSA) is 0 Å². The van der Waals surface area contributed by atoms with Crippen molar-refractivity contribution < 1.29 is 8.78 Å². The molecule has 2 rings (SSSR count). The minimum Gasteiger partial charge on any atom is -0.207 e. The van der Waals surface area contributed by atoms with Crippen molar-refractivity contribution in [2.75, 3.05) is 5.33 Å². The molecule has 0 aliphatic heterocycles. The van der Waals surface area contributed by atoms with Gasteiger partial charge in [0.1, 0.15) is 11.6 Å². The van der Waals surface area contributed by atoms with Crippen molar-refractivity contribution in [2.45, 2.75) is 12.8 Å². The predicted molar refractivity (Wildman–Crippen MR) is 90.2 cm³/mol. The van der Waals surface area contributed by atoms with Crippen LogP contribution in [0.15, 0.2) is 40.9 Å². The summed E-state index contributed by atoms with van der Waals surface area (Å²) in [6.07, 6.45) is 0.976. The highest BCUT2D eigenvalue weighted by atomic mass is 79.9. The quantitative estimate of drug-likeness (QED) is 0.386. The molecule has 5 heteroatoms. The number of halogens is 5. The molecule has 0 amide bonds. The van der Waals surface area contributed by atoms with E-state index < -0.39 is 11.6 Å². The Bertz CT molecular complexity index is 632. The Morgan fingerprint density at radius 1 is 1.05 bits per heavy atom. The SMILES string of the molecule is Fc1ccc(Br)c(F)c1CC(CBr)Cc1ccccc1Cl. The van der Waals surface area contributed by atoms with Crippen molar-refractivity contribution in [3.63, 3.8) is 0 Å². The highest BCUT2D eigenvalue weighted by Gasteiger charge is 2.18. The summed E-state index contributed by atoms with van der Waals surface area (Å²) < 4.78 is 28.2. The van der Waals surface area contributed by atoms with Crippen molar-refractivity contribution in [2.24, 2.45) is 5.92 Å². The molecule has 0 nitrogen and oxygen atoms in total. The molecular weight excluding hydrogens is 425 g/mol. The molecule has 1 atom stereocenters. The largest absolute Gasteiger partial charge is 0.207 e. The molecule has 112 valence electrons. The van der Waals surface area contributed by atoms with E-state index >= 15 is 0 Å². The number of alkyl halides is 1. The van der Waals surface area contributed by atoms with Gasteiger partial charge < -0.3 is 0 Å². The van der Waals surface area contributed by atoms with E-state index in [1.54, 1.807) is 0 Å². The van der Waals surface area contributed by atoms with Gasteiger partial charge in [0, 0.05) is 15.9 Å². The minimum atomic E-state index is -0.528. The van der Waals surface area contributed by atoms with Crippen molar-refractivity contribution >= 4 is 43.5 Å². The molecule has 0 N–H and O–H groups in total. The molecule has 1 unspecified atom stereocenters. The van der Waals surface area contributed by atoms with Crippen LogP contribution in [0.1, 0.15) is 11.1 Å². The average Bonchev–Trinajstić information content (AvgIpc) is 2.48. The Labute approximate surface area is 144 Å². The zero-order valence-corrected chi connectivity index (χ0v) is 15.0. The molecule has 0 bridgehead atoms. The zero-order valence-electron chi connectivity index (χ0n) is 11.1. The Morgan fingerprint density at radius 3 is 2.43 bits per heavy atom. The summed E-state index contributed by atoms with van der Waals surface area (Å²) in [6.45, 7) is 0. The third kappa shape index (κ3) is 4.27. The third-order valence-electron chi connectivity index (χ3n) is 3.32. The molecule has 0 spiro atoms. The molecule has 0 aromatic heterocycles. The number of benzene rings is 2. The van der Waals surface area contributed by atoms with Crippen LogP contribution in [0.3, 0.4) is 0 Å². The molecule has 0 heterocycles. The monoisotopic (exact) mass is 436 g/mol. The molecular formula is C16H13Br2ClF2. The van der Waals surface area contributed by atoms with Gasteiger partial charge in [-0.05, 0) is 58.5 Å². The van der Waals surface area contributed by atoms with Gasteiger partial charge >= 0.3 is 0 Å². The zero-order chi connectivity index (χ0) is 15.4. The maximum atomic E-state index is 14.0. The summed E-state index contributed by atoms with van der Waals surface area (Å²) in [4.78, 5) is 0. The van der Waals surface area contributed by atoms with Crippen LogP contribution < -0.4 is 0 Å². The fourth-order valence-corrected chi connectivity index (χ4v) is 3.24. The van der Waals surface area contributed by atoms with Gasteiger partial charge in [-0.3, -0.25) is 0 Å². The first-order chi connectivity index (χ1) is 10.0. The van der Waals surface area contributed by atoms with E-state index in [4.69, 9.17) is 11.6 Å². The summed E-state index contributed by atoms with van der Waals surface area (Å²) >= 11 is 12.7. The predicted octanol–water partition coefficient (Wildman–Crippen LogP) is 6.18. The van der Waals surface area contributed by atoms with Crippen molar-refractivity contribution in [1.82, 2.24) is 0 Å². The van der Waals surface area contributed by atoms with E-state index in [0.717, 1.165) is 5.56 Å².